The second-order valence-electron chi connectivity index (χ2n) is 7.48. The molecule has 5 rings (SSSR count). The van der Waals surface area contributed by atoms with Crippen molar-refractivity contribution < 1.29 is 4.79 Å². The summed E-state index contributed by atoms with van der Waals surface area (Å²) in [5, 5.41) is 13.8. The summed E-state index contributed by atoms with van der Waals surface area (Å²) in [6.45, 7) is 3.45. The number of carbonyl (C=O) groups excluding carboxylic acids is 1. The summed E-state index contributed by atoms with van der Waals surface area (Å²) in [4.78, 5) is 25.9. The van der Waals surface area contributed by atoms with E-state index in [4.69, 9.17) is 0 Å². The minimum absolute atomic E-state index is 0.125. The van der Waals surface area contributed by atoms with Crippen LogP contribution in [0.5, 0.6) is 0 Å². The highest BCUT2D eigenvalue weighted by Gasteiger charge is 2.39. The van der Waals surface area contributed by atoms with Gasteiger partial charge in [-0.2, -0.15) is 0 Å². The van der Waals surface area contributed by atoms with Crippen LogP contribution < -0.4 is 5.32 Å². The van der Waals surface area contributed by atoms with E-state index in [0.717, 1.165) is 52.4 Å². The summed E-state index contributed by atoms with van der Waals surface area (Å²) in [6, 6.07) is 6.71. The maximum atomic E-state index is 12.7. The third-order valence-electron chi connectivity index (χ3n) is 5.71. The Hall–Kier alpha value is -2.65. The molecule has 28 heavy (non-hydrogen) atoms. The van der Waals surface area contributed by atoms with Crippen LogP contribution >= 0.6 is 11.3 Å². The Morgan fingerprint density at radius 2 is 2.00 bits per heavy atom. The van der Waals surface area contributed by atoms with Crippen molar-refractivity contribution in [3.8, 4) is 10.6 Å². The SMILES string of the molecule is Cc1nnc(-c2ccc3cnc(NC(=O)N4CC5CCC(C4)N5C)nc3c2)s1. The van der Waals surface area contributed by atoms with Crippen molar-refractivity contribution in [2.75, 3.05) is 25.5 Å². The highest BCUT2D eigenvalue weighted by atomic mass is 32.1. The van der Waals surface area contributed by atoms with Crippen molar-refractivity contribution in [3.05, 3.63) is 29.4 Å². The maximum absolute atomic E-state index is 12.7. The van der Waals surface area contributed by atoms with Crippen LogP contribution in [0.2, 0.25) is 0 Å². The van der Waals surface area contributed by atoms with Crippen molar-refractivity contribution in [1.82, 2.24) is 30.0 Å². The van der Waals surface area contributed by atoms with Gasteiger partial charge in [-0.3, -0.25) is 10.2 Å². The van der Waals surface area contributed by atoms with Gasteiger partial charge in [-0.1, -0.05) is 23.5 Å². The number of benzene rings is 1. The summed E-state index contributed by atoms with van der Waals surface area (Å²) >= 11 is 1.54. The lowest BCUT2D eigenvalue weighted by atomic mass is 10.1. The molecule has 2 fully saturated rings. The quantitative estimate of drug-likeness (QED) is 0.718. The van der Waals surface area contributed by atoms with Crippen LogP contribution in [0.15, 0.2) is 24.4 Å². The van der Waals surface area contributed by atoms with Gasteiger partial charge in [0.05, 0.1) is 5.52 Å². The van der Waals surface area contributed by atoms with Gasteiger partial charge in [0.1, 0.15) is 10.0 Å². The molecule has 2 saturated heterocycles. The normalized spacial score (nSPS) is 22.0. The van der Waals surface area contributed by atoms with Gasteiger partial charge in [0.15, 0.2) is 0 Å². The molecule has 0 radical (unpaired) electrons. The number of aromatic nitrogens is 4. The van der Waals surface area contributed by atoms with Crippen molar-refractivity contribution >= 4 is 34.2 Å². The first-order valence-electron chi connectivity index (χ1n) is 9.42. The van der Waals surface area contributed by atoms with Crippen molar-refractivity contribution in [2.24, 2.45) is 0 Å². The zero-order valence-electron chi connectivity index (χ0n) is 15.8. The van der Waals surface area contributed by atoms with Crippen molar-refractivity contribution in [2.45, 2.75) is 31.8 Å². The molecule has 0 saturated carbocycles. The van der Waals surface area contributed by atoms with Crippen LogP contribution in [0.25, 0.3) is 21.5 Å². The molecule has 144 valence electrons. The fourth-order valence-corrected chi connectivity index (χ4v) is 4.77. The van der Waals surface area contributed by atoms with E-state index >= 15 is 0 Å². The molecule has 8 nitrogen and oxygen atoms in total. The number of fused-ring (bicyclic) bond motifs is 3. The van der Waals surface area contributed by atoms with Crippen LogP contribution in [0.4, 0.5) is 10.7 Å². The molecule has 3 aromatic rings. The van der Waals surface area contributed by atoms with Gasteiger partial charge in [0.25, 0.3) is 0 Å². The lowest BCUT2D eigenvalue weighted by Gasteiger charge is -2.38. The van der Waals surface area contributed by atoms with Crippen LogP contribution in [0, 0.1) is 6.92 Å². The smallest absolute Gasteiger partial charge is 0.321 e. The van der Waals surface area contributed by atoms with Crippen LogP contribution in [-0.4, -0.2) is 68.2 Å². The van der Waals surface area contributed by atoms with Crippen LogP contribution in [0.1, 0.15) is 17.8 Å². The third-order valence-corrected chi connectivity index (χ3v) is 6.60. The van der Waals surface area contributed by atoms with E-state index in [1.807, 2.05) is 30.0 Å². The fourth-order valence-electron chi connectivity index (χ4n) is 4.08. The first-order chi connectivity index (χ1) is 13.6. The van der Waals surface area contributed by atoms with Gasteiger partial charge >= 0.3 is 6.03 Å². The monoisotopic (exact) mass is 395 g/mol. The number of aryl methyl sites for hydroxylation is 1. The first-order valence-corrected chi connectivity index (χ1v) is 10.2. The molecule has 2 atom stereocenters. The fraction of sp³-hybridized carbons (Fsp3) is 0.421. The molecule has 4 heterocycles. The van der Waals surface area contributed by atoms with Gasteiger partial charge in [0, 0.05) is 42.3 Å². The lowest BCUT2D eigenvalue weighted by Crippen LogP contribution is -2.54. The summed E-state index contributed by atoms with van der Waals surface area (Å²) in [7, 11) is 2.15. The molecule has 0 aliphatic carbocycles. The Balaban J connectivity index is 1.36. The zero-order valence-corrected chi connectivity index (χ0v) is 16.6. The highest BCUT2D eigenvalue weighted by molar-refractivity contribution is 7.14. The molecule has 2 aromatic heterocycles. The number of carbonyl (C=O) groups is 1. The number of anilines is 1. The molecule has 2 bridgehead atoms. The van der Waals surface area contributed by atoms with Crippen LogP contribution in [-0.2, 0) is 0 Å². The largest absolute Gasteiger partial charge is 0.324 e. The highest BCUT2D eigenvalue weighted by Crippen LogP contribution is 2.29. The molecular formula is C19H21N7OS. The summed E-state index contributed by atoms with van der Waals surface area (Å²) in [6.07, 6.45) is 4.05. The third kappa shape index (κ3) is 3.10. The minimum Gasteiger partial charge on any atom is -0.321 e. The lowest BCUT2D eigenvalue weighted by molar-refractivity contribution is 0.110. The molecule has 2 aliphatic rings. The average molecular weight is 395 g/mol. The number of nitrogens with zero attached hydrogens (tertiary/aromatic N) is 6. The van der Waals surface area contributed by atoms with E-state index in [1.54, 1.807) is 17.5 Å². The summed E-state index contributed by atoms with van der Waals surface area (Å²) in [5.41, 5.74) is 1.74. The average Bonchev–Trinajstić information content (AvgIpc) is 3.19. The molecule has 2 amide bonds. The second-order valence-corrected chi connectivity index (χ2v) is 8.66. The number of likely N-dealkylation sites (N-methyl/N-ethyl adjacent to an activating group) is 1. The van der Waals surface area contributed by atoms with Gasteiger partial charge in [-0.25, -0.2) is 14.8 Å². The Labute approximate surface area is 166 Å². The predicted molar refractivity (Wildman–Crippen MR) is 108 cm³/mol. The molecule has 9 heteroatoms. The molecule has 1 aromatic carbocycles. The number of urea groups is 1. The van der Waals surface area contributed by atoms with Crippen molar-refractivity contribution in [1.29, 1.82) is 0 Å². The van der Waals surface area contributed by atoms with Crippen LogP contribution in [0.3, 0.4) is 0 Å². The first kappa shape index (κ1) is 17.4. The summed E-state index contributed by atoms with van der Waals surface area (Å²) < 4.78 is 0. The number of hydrogen-bond acceptors (Lipinski definition) is 7. The number of amides is 2. The standard InChI is InChI=1S/C19H21N7OS/c1-11-23-24-17(28-11)12-3-4-13-8-20-18(21-16(13)7-12)22-19(27)26-9-14-5-6-15(10-26)25(14)2/h3-4,7-8,14-15H,5-6,9-10H2,1-2H3,(H,20,21,22,27). The van der Waals surface area contributed by atoms with E-state index in [2.05, 4.69) is 37.4 Å². The Morgan fingerprint density at radius 1 is 1.21 bits per heavy atom. The molecule has 0 spiro atoms. The van der Waals surface area contributed by atoms with E-state index in [9.17, 15) is 4.79 Å². The van der Waals surface area contributed by atoms with E-state index < -0.39 is 0 Å². The number of hydrogen-bond donors (Lipinski definition) is 1. The number of likely N-dealkylation sites (tertiary alicyclic amines) is 1. The Bertz CT molecular complexity index is 1040. The molecule has 2 unspecified atom stereocenters. The maximum Gasteiger partial charge on any atom is 0.324 e. The minimum atomic E-state index is -0.125. The molecular weight excluding hydrogens is 374 g/mol. The molecule has 1 N–H and O–H groups in total. The van der Waals surface area contributed by atoms with Gasteiger partial charge in [-0.15, -0.1) is 10.2 Å². The van der Waals surface area contributed by atoms with E-state index in [-0.39, 0.29) is 6.03 Å². The number of rotatable bonds is 2. The van der Waals surface area contributed by atoms with Gasteiger partial charge in [-0.05, 0) is 32.9 Å². The second kappa shape index (κ2) is 6.75. The zero-order chi connectivity index (χ0) is 19.3. The van der Waals surface area contributed by atoms with Gasteiger partial charge in [0.2, 0.25) is 5.95 Å². The van der Waals surface area contributed by atoms with E-state index in [1.165, 1.54) is 0 Å². The topological polar surface area (TPSA) is 87.1 Å². The van der Waals surface area contributed by atoms with E-state index in [0.29, 0.717) is 18.0 Å². The Morgan fingerprint density at radius 3 is 2.71 bits per heavy atom. The predicted octanol–water partition coefficient (Wildman–Crippen LogP) is 2.77. The number of piperazine rings is 1. The number of nitrogens with one attached hydrogen (secondary N) is 1. The van der Waals surface area contributed by atoms with Crippen molar-refractivity contribution in [3.63, 3.8) is 0 Å². The Kier molecular flexibility index (Phi) is 4.21. The summed E-state index contributed by atoms with van der Waals surface area (Å²) in [5.74, 6) is 0.328. The van der Waals surface area contributed by atoms with Gasteiger partial charge < -0.3 is 4.90 Å². The molecule has 2 aliphatic heterocycles.